The molecule has 0 aromatic heterocycles. The van der Waals surface area contributed by atoms with E-state index in [1.165, 1.54) is 77.0 Å². The number of thiol groups is 1. The molecule has 3 nitrogen and oxygen atoms in total. The Balaban J connectivity index is 2.70. The zero-order valence-corrected chi connectivity index (χ0v) is 23.1. The fraction of sp³-hybridized carbons (Fsp3) is 0.769. The predicted molar refractivity (Wildman–Crippen MR) is 146 cm³/mol. The van der Waals surface area contributed by atoms with Crippen LogP contribution >= 0.6 is 17.9 Å². The SMILES string of the molecule is CCCCCCCCCC(CCCCCCCCC)(COc1ccccc1)OP(O)(=S)S. The molecule has 0 fully saturated rings. The van der Waals surface area contributed by atoms with Crippen molar-refractivity contribution in [3.05, 3.63) is 30.3 Å². The molecule has 0 spiro atoms. The van der Waals surface area contributed by atoms with Gasteiger partial charge in [-0.25, -0.2) is 0 Å². The maximum atomic E-state index is 10.4. The summed E-state index contributed by atoms with van der Waals surface area (Å²) in [5, 5.41) is 0. The zero-order chi connectivity index (χ0) is 23.5. The van der Waals surface area contributed by atoms with E-state index in [1.54, 1.807) is 0 Å². The van der Waals surface area contributed by atoms with E-state index in [2.05, 4.69) is 26.1 Å². The number of hydrogen-bond acceptors (Lipinski definition) is 3. The predicted octanol–water partition coefficient (Wildman–Crippen LogP) is 9.25. The highest BCUT2D eigenvalue weighted by atomic mass is 32.9. The molecule has 0 radical (unpaired) electrons. The van der Waals surface area contributed by atoms with Gasteiger partial charge in [-0.2, -0.15) is 0 Å². The summed E-state index contributed by atoms with van der Waals surface area (Å²) in [7, 11) is 0. The van der Waals surface area contributed by atoms with E-state index in [0.29, 0.717) is 6.61 Å². The smallest absolute Gasteiger partial charge is 0.242 e. The highest BCUT2D eigenvalue weighted by Crippen LogP contribution is 2.53. The highest BCUT2D eigenvalue weighted by Gasteiger charge is 2.35. The Morgan fingerprint density at radius 3 is 1.66 bits per heavy atom. The van der Waals surface area contributed by atoms with Gasteiger partial charge < -0.3 is 14.2 Å². The van der Waals surface area contributed by atoms with E-state index in [-0.39, 0.29) is 0 Å². The summed E-state index contributed by atoms with van der Waals surface area (Å²) in [4.78, 5) is 10.4. The second kappa shape index (κ2) is 18.3. The van der Waals surface area contributed by atoms with Gasteiger partial charge in [0.25, 0.3) is 0 Å². The summed E-state index contributed by atoms with van der Waals surface area (Å²) in [6.07, 6.45) is 19.1. The molecule has 186 valence electrons. The molecule has 1 atom stereocenters. The first-order chi connectivity index (χ1) is 15.4. The van der Waals surface area contributed by atoms with E-state index < -0.39 is 11.3 Å². The fourth-order valence-electron chi connectivity index (χ4n) is 4.18. The van der Waals surface area contributed by atoms with Crippen molar-refractivity contribution in [2.75, 3.05) is 6.61 Å². The minimum atomic E-state index is -3.10. The van der Waals surface area contributed by atoms with Gasteiger partial charge in [-0.15, -0.1) is 0 Å². The number of benzene rings is 1. The second-order valence-corrected chi connectivity index (χ2v) is 14.2. The van der Waals surface area contributed by atoms with Crippen molar-refractivity contribution in [1.82, 2.24) is 0 Å². The summed E-state index contributed by atoms with van der Waals surface area (Å²) in [6.45, 7) is 4.90. The van der Waals surface area contributed by atoms with E-state index in [0.717, 1.165) is 31.4 Å². The third-order valence-electron chi connectivity index (χ3n) is 6.03. The lowest BCUT2D eigenvalue weighted by Crippen LogP contribution is -2.38. The average Bonchev–Trinajstić information content (AvgIpc) is 2.76. The molecular weight excluding hydrogens is 455 g/mol. The van der Waals surface area contributed by atoms with Crippen molar-refractivity contribution in [3.63, 3.8) is 0 Å². The molecule has 0 aliphatic carbocycles. The third kappa shape index (κ3) is 15.7. The van der Waals surface area contributed by atoms with Crippen LogP contribution in [0.5, 0.6) is 5.75 Å². The fourth-order valence-corrected chi connectivity index (χ4v) is 5.91. The molecule has 0 aliphatic heterocycles. The molecule has 32 heavy (non-hydrogen) atoms. The number of rotatable bonds is 21. The van der Waals surface area contributed by atoms with Gasteiger partial charge in [0.05, 0.1) is 0 Å². The van der Waals surface area contributed by atoms with E-state index >= 15 is 0 Å². The maximum absolute atomic E-state index is 10.4. The lowest BCUT2D eigenvalue weighted by atomic mass is 9.90. The number of unbranched alkanes of at least 4 members (excludes halogenated alkanes) is 12. The quantitative estimate of drug-likeness (QED) is 0.0998. The van der Waals surface area contributed by atoms with Crippen LogP contribution in [0.1, 0.15) is 117 Å². The molecule has 0 amide bonds. The Morgan fingerprint density at radius 2 is 1.22 bits per heavy atom. The van der Waals surface area contributed by atoms with Crippen LogP contribution in [0, 0.1) is 0 Å². The third-order valence-corrected chi connectivity index (χ3v) is 7.12. The van der Waals surface area contributed by atoms with Crippen LogP contribution in [-0.2, 0) is 16.3 Å². The minimum Gasteiger partial charge on any atom is -0.491 e. The van der Waals surface area contributed by atoms with Crippen molar-refractivity contribution >= 4 is 29.7 Å². The lowest BCUT2D eigenvalue weighted by molar-refractivity contribution is 0.00440. The van der Waals surface area contributed by atoms with Gasteiger partial charge in [-0.1, -0.05) is 134 Å². The molecule has 0 saturated carbocycles. The molecule has 6 heteroatoms. The Bertz CT molecular complexity index is 588. The van der Waals surface area contributed by atoms with Crippen molar-refractivity contribution in [2.45, 2.75) is 122 Å². The van der Waals surface area contributed by atoms with Crippen molar-refractivity contribution in [1.29, 1.82) is 0 Å². The van der Waals surface area contributed by atoms with Crippen LogP contribution < -0.4 is 4.74 Å². The molecule has 0 bridgehead atoms. The Labute approximate surface area is 208 Å². The summed E-state index contributed by atoms with van der Waals surface area (Å²) >= 11 is 9.45. The summed E-state index contributed by atoms with van der Waals surface area (Å²) < 4.78 is 12.3. The Hall–Kier alpha value is -0.0600. The first kappa shape index (κ1) is 30.0. The first-order valence-electron chi connectivity index (χ1n) is 12.8. The van der Waals surface area contributed by atoms with Crippen LogP contribution in [-0.4, -0.2) is 17.1 Å². The molecule has 1 unspecified atom stereocenters. The molecule has 1 aromatic carbocycles. The second-order valence-electron chi connectivity index (χ2n) is 9.11. The van der Waals surface area contributed by atoms with E-state index in [4.69, 9.17) is 21.1 Å². The summed E-state index contributed by atoms with van der Waals surface area (Å²) in [6, 6.07) is 9.85. The van der Waals surface area contributed by atoms with Gasteiger partial charge in [0, 0.05) is 0 Å². The van der Waals surface area contributed by atoms with Crippen LogP contribution in [0.3, 0.4) is 0 Å². The van der Waals surface area contributed by atoms with Crippen molar-refractivity contribution in [3.8, 4) is 5.75 Å². The standard InChI is InChI=1S/C26H47O3PS2/c1-3-5-7-9-11-13-18-22-26(29-30(27,31)32,23-19-14-12-10-8-6-4-2)24-28-25-20-16-15-17-21-25/h15-17,20-21H,3-14,18-19,22-24H2,1-2H3,(H2,27,31,32). The monoisotopic (exact) mass is 502 g/mol. The number of ether oxygens (including phenoxy) is 1. The Kier molecular flexibility index (Phi) is 17.1. The first-order valence-corrected chi connectivity index (χ1v) is 16.7. The van der Waals surface area contributed by atoms with E-state index in [9.17, 15) is 4.89 Å². The minimum absolute atomic E-state index is 0.405. The van der Waals surface area contributed by atoms with Crippen LogP contribution in [0.4, 0.5) is 0 Å². The zero-order valence-electron chi connectivity index (χ0n) is 20.5. The number of para-hydroxylation sites is 1. The van der Waals surface area contributed by atoms with Gasteiger partial charge in [0.2, 0.25) is 5.69 Å². The highest BCUT2D eigenvalue weighted by molar-refractivity contribution is 8.59. The summed E-state index contributed by atoms with van der Waals surface area (Å²) in [5.74, 6) is 0.824. The van der Waals surface area contributed by atoms with Crippen molar-refractivity contribution in [2.24, 2.45) is 0 Å². The molecule has 1 N–H and O–H groups in total. The largest absolute Gasteiger partial charge is 0.491 e. The molecule has 1 aromatic rings. The van der Waals surface area contributed by atoms with Crippen LogP contribution in [0.25, 0.3) is 0 Å². The number of hydrogen-bond donors (Lipinski definition) is 2. The maximum Gasteiger partial charge on any atom is 0.242 e. The van der Waals surface area contributed by atoms with Gasteiger partial charge in [0.1, 0.15) is 18.0 Å². The molecule has 0 saturated heterocycles. The van der Waals surface area contributed by atoms with Crippen LogP contribution in [0.2, 0.25) is 0 Å². The van der Waals surface area contributed by atoms with Crippen LogP contribution in [0.15, 0.2) is 30.3 Å². The molecule has 1 rings (SSSR count). The van der Waals surface area contributed by atoms with Crippen molar-refractivity contribution < 1.29 is 14.2 Å². The lowest BCUT2D eigenvalue weighted by Gasteiger charge is -2.35. The average molecular weight is 503 g/mol. The Morgan fingerprint density at radius 1 is 0.781 bits per heavy atom. The molecule has 0 aliphatic rings. The normalized spacial score (nSPS) is 13.8. The van der Waals surface area contributed by atoms with Gasteiger partial charge >= 0.3 is 0 Å². The van der Waals surface area contributed by atoms with Gasteiger partial charge in [0.15, 0.2) is 0 Å². The van der Waals surface area contributed by atoms with E-state index in [1.807, 2.05) is 30.3 Å². The van der Waals surface area contributed by atoms with Gasteiger partial charge in [-0.3, -0.25) is 0 Å². The molecule has 0 heterocycles. The topological polar surface area (TPSA) is 38.7 Å². The molecular formula is C26H47O3PS2. The summed E-state index contributed by atoms with van der Waals surface area (Å²) in [5.41, 5.74) is -3.68. The van der Waals surface area contributed by atoms with Gasteiger partial charge in [-0.05, 0) is 36.8 Å².